The molecule has 0 atom stereocenters. The Balaban J connectivity index is 3.16. The van der Waals surface area contributed by atoms with E-state index >= 15 is 0 Å². The molecule has 0 aliphatic heterocycles. The molecule has 0 rings (SSSR count). The minimum absolute atomic E-state index is 0.168. The zero-order chi connectivity index (χ0) is 7.82. The second-order valence-electron chi connectivity index (χ2n) is 2.20. The monoisotopic (exact) mass is 158 g/mol. The molecule has 0 fully saturated rings. The maximum atomic E-state index is 3.69. The highest BCUT2D eigenvalue weighted by molar-refractivity contribution is 6.38. The molecule has 0 aromatic rings. The van der Waals surface area contributed by atoms with E-state index in [-0.39, 0.29) is 9.68 Å². The van der Waals surface area contributed by atoms with E-state index in [0.29, 0.717) is 0 Å². The second kappa shape index (κ2) is 6.99. The smallest absolute Gasteiger partial charge is 0.117 e. The number of hydrogen-bond acceptors (Lipinski definition) is 2. The van der Waals surface area contributed by atoms with Crippen LogP contribution in [0.2, 0.25) is 0 Å². The van der Waals surface area contributed by atoms with Gasteiger partial charge < -0.3 is 4.98 Å². The van der Waals surface area contributed by atoms with Gasteiger partial charge in [0.05, 0.1) is 0 Å². The summed E-state index contributed by atoms with van der Waals surface area (Å²) in [4.78, 5) is 5.74. The van der Waals surface area contributed by atoms with Crippen LogP contribution in [-0.2, 0) is 0 Å². The summed E-state index contributed by atoms with van der Waals surface area (Å²) >= 11 is 0. The summed E-state index contributed by atoms with van der Waals surface area (Å²) in [5.74, 6) is 0. The van der Waals surface area contributed by atoms with Crippen LogP contribution in [0.15, 0.2) is 12.3 Å². The number of rotatable bonds is 6. The third-order valence-electron chi connectivity index (χ3n) is 1.52. The van der Waals surface area contributed by atoms with Gasteiger partial charge in [0, 0.05) is 6.67 Å². The summed E-state index contributed by atoms with van der Waals surface area (Å²) in [7, 11) is -0.168. The van der Waals surface area contributed by atoms with Crippen molar-refractivity contribution in [2.24, 2.45) is 0 Å². The lowest BCUT2D eigenvalue weighted by Crippen LogP contribution is -2.35. The third kappa shape index (κ3) is 4.73. The van der Waals surface area contributed by atoms with E-state index in [1.54, 1.807) is 0 Å². The lowest BCUT2D eigenvalue weighted by atomic mass is 10.6. The van der Waals surface area contributed by atoms with Crippen LogP contribution < -0.4 is 4.98 Å². The van der Waals surface area contributed by atoms with E-state index in [4.69, 9.17) is 0 Å². The van der Waals surface area contributed by atoms with Crippen LogP contribution in [0.4, 0.5) is 0 Å². The van der Waals surface area contributed by atoms with Gasteiger partial charge in [0.2, 0.25) is 0 Å². The summed E-state index contributed by atoms with van der Waals surface area (Å²) in [5.41, 5.74) is 2.02. The number of nitrogens with one attached hydrogen (secondary N) is 1. The van der Waals surface area contributed by atoms with Crippen molar-refractivity contribution in [3.63, 3.8) is 0 Å². The van der Waals surface area contributed by atoms with Crippen molar-refractivity contribution in [3.8, 4) is 0 Å². The van der Waals surface area contributed by atoms with Gasteiger partial charge in [0.1, 0.15) is 9.68 Å². The molecule has 60 valence electrons. The van der Waals surface area contributed by atoms with Crippen molar-refractivity contribution < 1.29 is 0 Å². The summed E-state index contributed by atoms with van der Waals surface area (Å²) in [6, 6.07) is 0. The molecule has 0 saturated heterocycles. The van der Waals surface area contributed by atoms with E-state index in [2.05, 4.69) is 30.3 Å². The van der Waals surface area contributed by atoms with Gasteiger partial charge in [-0.2, -0.15) is 0 Å². The molecule has 0 saturated carbocycles. The van der Waals surface area contributed by atoms with Crippen molar-refractivity contribution in [3.05, 3.63) is 12.3 Å². The van der Waals surface area contributed by atoms with Gasteiger partial charge in [-0.25, -0.2) is 0 Å². The van der Waals surface area contributed by atoms with Crippen LogP contribution in [0.1, 0.15) is 13.8 Å². The maximum Gasteiger partial charge on any atom is 0.117 e. The Morgan fingerprint density at radius 2 is 2.10 bits per heavy atom. The number of nitrogens with zero attached hydrogens (tertiary/aromatic N) is 1. The van der Waals surface area contributed by atoms with Crippen molar-refractivity contribution in [1.29, 1.82) is 0 Å². The van der Waals surface area contributed by atoms with Crippen molar-refractivity contribution >= 4 is 9.68 Å². The van der Waals surface area contributed by atoms with Crippen LogP contribution in [-0.4, -0.2) is 34.3 Å². The van der Waals surface area contributed by atoms with Gasteiger partial charge in [-0.1, -0.05) is 19.5 Å². The first-order chi connectivity index (χ1) is 4.85. The Hall–Kier alpha value is -0.123. The van der Waals surface area contributed by atoms with Crippen LogP contribution in [0.25, 0.3) is 0 Å². The SMILES string of the molecule is C=C[SiH2]NCN(CC)CC. The Morgan fingerprint density at radius 1 is 1.50 bits per heavy atom. The molecule has 2 nitrogen and oxygen atoms in total. The zero-order valence-corrected chi connectivity index (χ0v) is 8.47. The molecule has 1 N–H and O–H groups in total. The molecule has 0 unspecified atom stereocenters. The molecule has 0 radical (unpaired) electrons. The Bertz CT molecular complexity index is 81.7. The average Bonchev–Trinajstić information content (AvgIpc) is 1.99. The second-order valence-corrected chi connectivity index (χ2v) is 3.69. The molecule has 0 amide bonds. The van der Waals surface area contributed by atoms with Crippen LogP contribution in [0, 0.1) is 0 Å². The Kier molecular flexibility index (Phi) is 6.90. The van der Waals surface area contributed by atoms with Crippen molar-refractivity contribution in [2.45, 2.75) is 13.8 Å². The molecule has 3 heteroatoms. The molecular formula is C7H18N2Si. The quantitative estimate of drug-likeness (QED) is 0.335. The van der Waals surface area contributed by atoms with Gasteiger partial charge in [-0.3, -0.25) is 4.90 Å². The fourth-order valence-electron chi connectivity index (χ4n) is 0.772. The largest absolute Gasteiger partial charge is 0.327 e. The van der Waals surface area contributed by atoms with Crippen LogP contribution in [0.5, 0.6) is 0 Å². The molecule has 0 aromatic heterocycles. The molecule has 0 bridgehead atoms. The highest BCUT2D eigenvalue weighted by Gasteiger charge is 1.94. The first-order valence-corrected chi connectivity index (χ1v) is 5.41. The lowest BCUT2D eigenvalue weighted by molar-refractivity contribution is 0.301. The maximum absolute atomic E-state index is 3.69. The molecular weight excluding hydrogens is 140 g/mol. The standard InChI is InChI=1S/C7H18N2Si/c1-4-9(5-2)7-8-10-6-3/h6,8H,3-5,7,10H2,1-2H3. The molecule has 10 heavy (non-hydrogen) atoms. The summed E-state index contributed by atoms with van der Waals surface area (Å²) in [6.07, 6.45) is 0. The number of hydrogen-bond donors (Lipinski definition) is 1. The fourth-order valence-corrected chi connectivity index (χ4v) is 1.42. The van der Waals surface area contributed by atoms with Gasteiger partial charge in [-0.05, 0) is 13.1 Å². The van der Waals surface area contributed by atoms with Crippen molar-refractivity contribution in [1.82, 2.24) is 9.88 Å². The predicted molar refractivity (Wildman–Crippen MR) is 49.7 cm³/mol. The summed E-state index contributed by atoms with van der Waals surface area (Å²) < 4.78 is 0. The minimum atomic E-state index is -0.168. The first-order valence-electron chi connectivity index (χ1n) is 3.89. The highest BCUT2D eigenvalue weighted by Crippen LogP contribution is 1.80. The summed E-state index contributed by atoms with van der Waals surface area (Å²) in [5, 5.41) is 0. The van der Waals surface area contributed by atoms with E-state index in [1.165, 1.54) is 0 Å². The predicted octanol–water partition coefficient (Wildman–Crippen LogP) is 0.103. The third-order valence-corrected chi connectivity index (χ3v) is 2.32. The molecule has 0 aromatic carbocycles. The zero-order valence-electron chi connectivity index (χ0n) is 7.06. The van der Waals surface area contributed by atoms with Gasteiger partial charge in [0.25, 0.3) is 0 Å². The van der Waals surface area contributed by atoms with Gasteiger partial charge in [0.15, 0.2) is 0 Å². The van der Waals surface area contributed by atoms with Crippen molar-refractivity contribution in [2.75, 3.05) is 19.8 Å². The van der Waals surface area contributed by atoms with E-state index in [0.717, 1.165) is 19.8 Å². The average molecular weight is 158 g/mol. The molecule has 0 heterocycles. The first kappa shape index (κ1) is 9.88. The van der Waals surface area contributed by atoms with Gasteiger partial charge >= 0.3 is 0 Å². The van der Waals surface area contributed by atoms with Crippen LogP contribution >= 0.6 is 0 Å². The molecule has 0 spiro atoms. The molecule has 0 aliphatic rings. The summed E-state index contributed by atoms with van der Waals surface area (Å²) in [6.45, 7) is 11.4. The molecule has 0 aliphatic carbocycles. The van der Waals surface area contributed by atoms with E-state index in [9.17, 15) is 0 Å². The topological polar surface area (TPSA) is 15.3 Å². The fraction of sp³-hybridized carbons (Fsp3) is 0.714. The normalized spacial score (nSPS) is 11.5. The van der Waals surface area contributed by atoms with Crippen LogP contribution in [0.3, 0.4) is 0 Å². The van der Waals surface area contributed by atoms with E-state index < -0.39 is 0 Å². The minimum Gasteiger partial charge on any atom is -0.327 e. The lowest BCUT2D eigenvalue weighted by Gasteiger charge is -2.17. The van der Waals surface area contributed by atoms with E-state index in [1.807, 2.05) is 5.70 Å². The Labute approximate surface area is 66.2 Å². The Morgan fingerprint density at radius 3 is 2.50 bits per heavy atom. The highest BCUT2D eigenvalue weighted by atomic mass is 28.2. The van der Waals surface area contributed by atoms with Gasteiger partial charge in [-0.15, -0.1) is 6.58 Å².